The molecule has 1 aromatic rings. The first-order chi connectivity index (χ1) is 7.02. The molecular weight excluding hydrogens is 258 g/mol. The fourth-order valence-corrected chi connectivity index (χ4v) is 2.16. The van der Waals surface area contributed by atoms with E-state index in [4.69, 9.17) is 15.6 Å². The highest BCUT2D eigenvalue weighted by molar-refractivity contribution is 9.10. The van der Waals surface area contributed by atoms with E-state index in [-0.39, 0.29) is 6.61 Å². The molecule has 0 aliphatic carbocycles. The van der Waals surface area contributed by atoms with E-state index in [9.17, 15) is 0 Å². The molecular formula is C11H16BrNO2. The second-order valence-electron chi connectivity index (χ2n) is 3.54. The molecule has 1 unspecified atom stereocenters. The maximum atomic E-state index is 9.06. The van der Waals surface area contributed by atoms with Crippen LogP contribution in [0.1, 0.15) is 22.7 Å². The van der Waals surface area contributed by atoms with Gasteiger partial charge in [-0.25, -0.2) is 0 Å². The number of hydrogen-bond donors (Lipinski definition) is 2. The first kappa shape index (κ1) is 12.5. The minimum Gasteiger partial charge on any atom is -0.495 e. The summed E-state index contributed by atoms with van der Waals surface area (Å²) in [7, 11) is 1.60. The highest BCUT2D eigenvalue weighted by atomic mass is 79.9. The van der Waals surface area contributed by atoms with Gasteiger partial charge in [-0.2, -0.15) is 0 Å². The molecule has 0 spiro atoms. The topological polar surface area (TPSA) is 55.5 Å². The van der Waals surface area contributed by atoms with Gasteiger partial charge in [0.2, 0.25) is 0 Å². The van der Waals surface area contributed by atoms with Crippen LogP contribution in [0, 0.1) is 13.8 Å². The van der Waals surface area contributed by atoms with Gasteiger partial charge in [0.05, 0.1) is 24.2 Å². The highest BCUT2D eigenvalue weighted by Crippen LogP contribution is 2.36. The van der Waals surface area contributed by atoms with Crippen molar-refractivity contribution in [3.8, 4) is 5.75 Å². The summed E-state index contributed by atoms with van der Waals surface area (Å²) in [5, 5.41) is 9.06. The summed E-state index contributed by atoms with van der Waals surface area (Å²) in [5.74, 6) is 0.708. The molecule has 0 aliphatic rings. The van der Waals surface area contributed by atoms with Gasteiger partial charge in [0.1, 0.15) is 5.75 Å². The van der Waals surface area contributed by atoms with Crippen molar-refractivity contribution in [3.63, 3.8) is 0 Å². The third-order valence-electron chi connectivity index (χ3n) is 2.55. The van der Waals surface area contributed by atoms with Gasteiger partial charge in [-0.1, -0.05) is 6.07 Å². The van der Waals surface area contributed by atoms with Crippen molar-refractivity contribution in [1.82, 2.24) is 0 Å². The van der Waals surface area contributed by atoms with Gasteiger partial charge in [0.25, 0.3) is 0 Å². The Hall–Kier alpha value is -0.580. The number of ether oxygens (including phenoxy) is 1. The normalized spacial score (nSPS) is 12.7. The number of hydrogen-bond acceptors (Lipinski definition) is 3. The van der Waals surface area contributed by atoms with Crippen LogP contribution >= 0.6 is 15.9 Å². The van der Waals surface area contributed by atoms with Crippen LogP contribution in [0.15, 0.2) is 10.5 Å². The van der Waals surface area contributed by atoms with Crippen molar-refractivity contribution < 1.29 is 9.84 Å². The Balaban J connectivity index is 3.38. The van der Waals surface area contributed by atoms with Crippen LogP contribution in [0.2, 0.25) is 0 Å². The van der Waals surface area contributed by atoms with Gasteiger partial charge < -0.3 is 15.6 Å². The smallest absolute Gasteiger partial charge is 0.138 e. The lowest BCUT2D eigenvalue weighted by Gasteiger charge is -2.18. The third kappa shape index (κ3) is 2.33. The van der Waals surface area contributed by atoms with Crippen molar-refractivity contribution in [2.75, 3.05) is 13.7 Å². The zero-order chi connectivity index (χ0) is 11.6. The van der Waals surface area contributed by atoms with Gasteiger partial charge in [-0.05, 0) is 40.9 Å². The van der Waals surface area contributed by atoms with Gasteiger partial charge in [0.15, 0.2) is 0 Å². The summed E-state index contributed by atoms with van der Waals surface area (Å²) >= 11 is 3.48. The second-order valence-corrected chi connectivity index (χ2v) is 4.34. The van der Waals surface area contributed by atoms with Gasteiger partial charge in [0, 0.05) is 5.56 Å². The van der Waals surface area contributed by atoms with E-state index in [0.717, 1.165) is 21.2 Å². The predicted molar refractivity (Wildman–Crippen MR) is 64.2 cm³/mol. The molecule has 1 aromatic carbocycles. The van der Waals surface area contributed by atoms with E-state index in [1.807, 2.05) is 19.9 Å². The minimum absolute atomic E-state index is 0.0920. The zero-order valence-electron chi connectivity index (χ0n) is 9.17. The summed E-state index contributed by atoms with van der Waals surface area (Å²) in [6, 6.07) is 1.55. The molecule has 1 rings (SSSR count). The fraction of sp³-hybridized carbons (Fsp3) is 0.455. The molecule has 3 N–H and O–H groups in total. The SMILES string of the molecule is COc1c(C(N)CO)cc(C)c(C)c1Br. The predicted octanol–water partition coefficient (Wildman–Crippen LogP) is 2.07. The Labute approximate surface area is 98.4 Å². The highest BCUT2D eigenvalue weighted by Gasteiger charge is 2.16. The van der Waals surface area contributed by atoms with Crippen molar-refractivity contribution in [1.29, 1.82) is 0 Å². The summed E-state index contributed by atoms with van der Waals surface area (Å²) in [6.07, 6.45) is 0. The Bertz CT molecular complexity index is 366. The number of aliphatic hydroxyl groups is 1. The number of halogens is 1. The first-order valence-electron chi connectivity index (χ1n) is 4.73. The van der Waals surface area contributed by atoms with Crippen LogP contribution in [0.25, 0.3) is 0 Å². The first-order valence-corrected chi connectivity index (χ1v) is 5.52. The van der Waals surface area contributed by atoms with Crippen LogP contribution in [0.4, 0.5) is 0 Å². The van der Waals surface area contributed by atoms with E-state index in [1.165, 1.54) is 0 Å². The molecule has 0 fully saturated rings. The van der Waals surface area contributed by atoms with E-state index in [2.05, 4.69) is 15.9 Å². The number of aliphatic hydroxyl groups excluding tert-OH is 1. The van der Waals surface area contributed by atoms with Crippen molar-refractivity contribution >= 4 is 15.9 Å². The summed E-state index contributed by atoms with van der Waals surface area (Å²) in [4.78, 5) is 0. The van der Waals surface area contributed by atoms with E-state index >= 15 is 0 Å². The number of rotatable bonds is 3. The van der Waals surface area contributed by atoms with Crippen LogP contribution in [-0.4, -0.2) is 18.8 Å². The maximum Gasteiger partial charge on any atom is 0.138 e. The Kier molecular flexibility index (Phi) is 4.13. The fourth-order valence-electron chi connectivity index (χ4n) is 1.46. The monoisotopic (exact) mass is 273 g/mol. The number of benzene rings is 1. The van der Waals surface area contributed by atoms with E-state index in [0.29, 0.717) is 5.75 Å². The summed E-state index contributed by atoms with van der Waals surface area (Å²) in [5.41, 5.74) is 8.89. The van der Waals surface area contributed by atoms with Crippen molar-refractivity contribution in [3.05, 3.63) is 27.2 Å². The van der Waals surface area contributed by atoms with E-state index < -0.39 is 6.04 Å². The average molecular weight is 274 g/mol. The summed E-state index contributed by atoms with van der Waals surface area (Å²) in [6.45, 7) is 3.93. The van der Waals surface area contributed by atoms with Crippen molar-refractivity contribution in [2.45, 2.75) is 19.9 Å². The van der Waals surface area contributed by atoms with E-state index in [1.54, 1.807) is 7.11 Å². The molecule has 0 aliphatic heterocycles. The molecule has 0 saturated carbocycles. The maximum absolute atomic E-state index is 9.06. The quantitative estimate of drug-likeness (QED) is 0.887. The molecule has 1 atom stereocenters. The van der Waals surface area contributed by atoms with Crippen LogP contribution in [-0.2, 0) is 0 Å². The van der Waals surface area contributed by atoms with Crippen LogP contribution < -0.4 is 10.5 Å². The lowest BCUT2D eigenvalue weighted by molar-refractivity contribution is 0.264. The number of nitrogens with two attached hydrogens (primary N) is 1. The molecule has 0 saturated heterocycles. The standard InChI is InChI=1S/C11H16BrNO2/c1-6-4-8(9(13)5-14)11(15-3)10(12)7(6)2/h4,9,14H,5,13H2,1-3H3. The minimum atomic E-state index is -0.407. The molecule has 3 nitrogen and oxygen atoms in total. The Morgan fingerprint density at radius 2 is 2.13 bits per heavy atom. The zero-order valence-corrected chi connectivity index (χ0v) is 10.8. The van der Waals surface area contributed by atoms with Crippen molar-refractivity contribution in [2.24, 2.45) is 5.73 Å². The molecule has 0 amide bonds. The van der Waals surface area contributed by atoms with Gasteiger partial charge in [-0.15, -0.1) is 0 Å². The average Bonchev–Trinajstić information content (AvgIpc) is 2.24. The largest absolute Gasteiger partial charge is 0.495 e. The van der Waals surface area contributed by atoms with Crippen LogP contribution in [0.5, 0.6) is 5.75 Å². The molecule has 0 heterocycles. The lowest BCUT2D eigenvalue weighted by atomic mass is 10.0. The van der Waals surface area contributed by atoms with Gasteiger partial charge in [-0.3, -0.25) is 0 Å². The third-order valence-corrected chi connectivity index (χ3v) is 3.51. The Morgan fingerprint density at radius 3 is 2.60 bits per heavy atom. The van der Waals surface area contributed by atoms with Gasteiger partial charge >= 0.3 is 0 Å². The molecule has 84 valence electrons. The molecule has 15 heavy (non-hydrogen) atoms. The molecule has 4 heteroatoms. The number of aryl methyl sites for hydroxylation is 1. The second kappa shape index (κ2) is 4.96. The summed E-state index contributed by atoms with van der Waals surface area (Å²) < 4.78 is 6.20. The Morgan fingerprint density at radius 1 is 1.53 bits per heavy atom. The molecule has 0 bridgehead atoms. The molecule has 0 radical (unpaired) electrons. The lowest BCUT2D eigenvalue weighted by Crippen LogP contribution is -2.16. The number of methoxy groups -OCH3 is 1. The van der Waals surface area contributed by atoms with Crippen LogP contribution in [0.3, 0.4) is 0 Å². The molecule has 0 aromatic heterocycles.